The van der Waals surface area contributed by atoms with E-state index in [2.05, 4.69) is 15.1 Å². The first kappa shape index (κ1) is 19.1. The third-order valence-electron chi connectivity index (χ3n) is 5.68. The Hall–Kier alpha value is -3.87. The third-order valence-corrected chi connectivity index (χ3v) is 5.68. The van der Waals surface area contributed by atoms with Crippen LogP contribution < -0.4 is 5.56 Å². The molecule has 5 rings (SSSR count). The number of rotatable bonds is 4. The fourth-order valence-electron chi connectivity index (χ4n) is 4.08. The monoisotopic (exact) mass is 411 g/mol. The molecule has 0 radical (unpaired) electrons. The van der Waals surface area contributed by atoms with Gasteiger partial charge in [-0.1, -0.05) is 24.3 Å². The van der Waals surface area contributed by atoms with Crippen molar-refractivity contribution in [1.29, 1.82) is 0 Å². The molecule has 1 amide bonds. The molecule has 0 saturated carbocycles. The Morgan fingerprint density at radius 1 is 1.00 bits per heavy atom. The lowest BCUT2D eigenvalue weighted by molar-refractivity contribution is 0.0715. The molecule has 3 aromatic heterocycles. The van der Waals surface area contributed by atoms with E-state index in [0.717, 1.165) is 29.3 Å². The first-order valence-corrected chi connectivity index (χ1v) is 10.3. The van der Waals surface area contributed by atoms with Gasteiger partial charge in [-0.3, -0.25) is 14.6 Å². The van der Waals surface area contributed by atoms with Gasteiger partial charge in [0.1, 0.15) is 5.69 Å². The molecule has 0 bridgehead atoms. The number of para-hydroxylation sites is 1. The maximum Gasteiger partial charge on any atom is 0.272 e. The number of aromatic nitrogens is 4. The highest BCUT2D eigenvalue weighted by Gasteiger charge is 2.31. The van der Waals surface area contributed by atoms with Gasteiger partial charge < -0.3 is 4.90 Å². The van der Waals surface area contributed by atoms with E-state index in [4.69, 9.17) is 0 Å². The quantitative estimate of drug-likeness (QED) is 0.515. The lowest BCUT2D eigenvalue weighted by Gasteiger charge is -2.25. The standard InChI is InChI=1S/C24H21N5O2/c30-23-10-9-21(18-11-13-25-14-12-18)27-29(23)16-19-5-3-15-28(19)24(31)22-8-7-17-4-1-2-6-20(17)26-22/h1-2,4,6-14,19H,3,5,15-16H2. The van der Waals surface area contributed by atoms with Crippen LogP contribution in [0.15, 0.2) is 77.9 Å². The highest BCUT2D eigenvalue weighted by Crippen LogP contribution is 2.22. The van der Waals surface area contributed by atoms with Crippen molar-refractivity contribution in [2.45, 2.75) is 25.4 Å². The Morgan fingerprint density at radius 2 is 1.84 bits per heavy atom. The maximum atomic E-state index is 13.2. The largest absolute Gasteiger partial charge is 0.332 e. The molecule has 1 aliphatic rings. The molecule has 1 saturated heterocycles. The van der Waals surface area contributed by atoms with Gasteiger partial charge in [-0.2, -0.15) is 5.10 Å². The van der Waals surface area contributed by atoms with Crippen molar-refractivity contribution in [3.63, 3.8) is 0 Å². The van der Waals surface area contributed by atoms with Crippen LogP contribution in [-0.2, 0) is 6.54 Å². The van der Waals surface area contributed by atoms with Crippen molar-refractivity contribution in [3.05, 3.63) is 89.1 Å². The van der Waals surface area contributed by atoms with Crippen molar-refractivity contribution in [2.24, 2.45) is 0 Å². The van der Waals surface area contributed by atoms with Gasteiger partial charge in [-0.15, -0.1) is 0 Å². The topological polar surface area (TPSA) is 81.0 Å². The molecule has 0 N–H and O–H groups in total. The van der Waals surface area contributed by atoms with Crippen LogP contribution >= 0.6 is 0 Å². The smallest absolute Gasteiger partial charge is 0.272 e. The second kappa shape index (κ2) is 8.10. The molecule has 1 unspecified atom stereocenters. The highest BCUT2D eigenvalue weighted by molar-refractivity contribution is 5.95. The van der Waals surface area contributed by atoms with Crippen LogP contribution in [0.5, 0.6) is 0 Å². The van der Waals surface area contributed by atoms with Crippen molar-refractivity contribution in [1.82, 2.24) is 24.6 Å². The summed E-state index contributed by atoms with van der Waals surface area (Å²) in [5.74, 6) is -0.105. The van der Waals surface area contributed by atoms with Gasteiger partial charge in [0.15, 0.2) is 0 Å². The molecular weight excluding hydrogens is 390 g/mol. The number of hydrogen-bond donors (Lipinski definition) is 0. The fraction of sp³-hybridized carbons (Fsp3) is 0.208. The third kappa shape index (κ3) is 3.82. The summed E-state index contributed by atoms with van der Waals surface area (Å²) >= 11 is 0. The van der Waals surface area contributed by atoms with Crippen LogP contribution in [0.4, 0.5) is 0 Å². The molecule has 31 heavy (non-hydrogen) atoms. The summed E-state index contributed by atoms with van der Waals surface area (Å²) in [6.07, 6.45) is 5.11. The molecule has 1 atom stereocenters. The Labute approximate surface area is 179 Å². The summed E-state index contributed by atoms with van der Waals surface area (Å²) in [6, 6.07) is 18.3. The molecule has 1 aromatic carbocycles. The van der Waals surface area contributed by atoms with Gasteiger partial charge in [0, 0.05) is 36.0 Å². The summed E-state index contributed by atoms with van der Waals surface area (Å²) in [5.41, 5.74) is 2.64. The Kier molecular flexibility index (Phi) is 5.00. The van der Waals surface area contributed by atoms with E-state index in [9.17, 15) is 9.59 Å². The summed E-state index contributed by atoms with van der Waals surface area (Å²) in [7, 11) is 0. The first-order chi connectivity index (χ1) is 15.2. The predicted molar refractivity (Wildman–Crippen MR) is 118 cm³/mol. The van der Waals surface area contributed by atoms with Crippen molar-refractivity contribution >= 4 is 16.8 Å². The lowest BCUT2D eigenvalue weighted by atomic mass is 10.1. The number of carbonyl (C=O) groups is 1. The minimum absolute atomic E-state index is 0.0985. The van der Waals surface area contributed by atoms with Crippen LogP contribution in [-0.4, -0.2) is 43.1 Å². The van der Waals surface area contributed by atoms with Crippen molar-refractivity contribution in [2.75, 3.05) is 6.54 Å². The number of nitrogens with zero attached hydrogens (tertiary/aromatic N) is 5. The molecular formula is C24H21N5O2. The van der Waals surface area contributed by atoms with Crippen LogP contribution in [0.1, 0.15) is 23.3 Å². The van der Waals surface area contributed by atoms with E-state index in [1.54, 1.807) is 24.5 Å². The number of carbonyl (C=O) groups excluding carboxylic acids is 1. The summed E-state index contributed by atoms with van der Waals surface area (Å²) in [6.45, 7) is 1.01. The molecule has 1 fully saturated rings. The van der Waals surface area contributed by atoms with Crippen LogP contribution in [0.3, 0.4) is 0 Å². The Bertz CT molecular complexity index is 1300. The van der Waals surface area contributed by atoms with Crippen LogP contribution in [0.25, 0.3) is 22.2 Å². The second-order valence-corrected chi connectivity index (χ2v) is 7.66. The SMILES string of the molecule is O=C(c1ccc2ccccc2n1)N1CCCC1Cn1nc(-c2ccncc2)ccc1=O. The molecule has 7 heteroatoms. The molecule has 4 aromatic rings. The molecule has 1 aliphatic heterocycles. The van der Waals surface area contributed by atoms with E-state index in [0.29, 0.717) is 24.5 Å². The summed E-state index contributed by atoms with van der Waals surface area (Å²) in [5, 5.41) is 5.54. The average molecular weight is 411 g/mol. The van der Waals surface area contributed by atoms with Gasteiger partial charge >= 0.3 is 0 Å². The van der Waals surface area contributed by atoms with Gasteiger partial charge in [0.05, 0.1) is 23.8 Å². The number of amides is 1. The van der Waals surface area contributed by atoms with E-state index in [-0.39, 0.29) is 17.5 Å². The average Bonchev–Trinajstić information content (AvgIpc) is 3.28. The zero-order chi connectivity index (χ0) is 21.2. The lowest BCUT2D eigenvalue weighted by Crippen LogP contribution is -2.40. The van der Waals surface area contributed by atoms with Gasteiger partial charge in [0.2, 0.25) is 0 Å². The molecule has 0 aliphatic carbocycles. The molecule has 154 valence electrons. The normalized spacial score (nSPS) is 16.0. The second-order valence-electron chi connectivity index (χ2n) is 7.66. The number of likely N-dealkylation sites (tertiary alicyclic amines) is 1. The maximum absolute atomic E-state index is 13.2. The molecule has 7 nitrogen and oxygen atoms in total. The van der Waals surface area contributed by atoms with Crippen molar-refractivity contribution in [3.8, 4) is 11.3 Å². The molecule has 0 spiro atoms. The van der Waals surface area contributed by atoms with E-state index in [1.165, 1.54) is 10.7 Å². The van der Waals surface area contributed by atoms with Gasteiger partial charge in [-0.05, 0) is 43.2 Å². The summed E-state index contributed by atoms with van der Waals surface area (Å²) < 4.78 is 1.46. The number of benzene rings is 1. The molecule has 4 heterocycles. The van der Waals surface area contributed by atoms with Crippen LogP contribution in [0.2, 0.25) is 0 Å². The zero-order valence-corrected chi connectivity index (χ0v) is 16.9. The van der Waals surface area contributed by atoms with Gasteiger partial charge in [-0.25, -0.2) is 9.67 Å². The van der Waals surface area contributed by atoms with Gasteiger partial charge in [0.25, 0.3) is 11.5 Å². The fourth-order valence-corrected chi connectivity index (χ4v) is 4.08. The van der Waals surface area contributed by atoms with E-state index >= 15 is 0 Å². The first-order valence-electron chi connectivity index (χ1n) is 10.3. The minimum Gasteiger partial charge on any atom is -0.332 e. The Balaban J connectivity index is 1.40. The number of pyridine rings is 2. The van der Waals surface area contributed by atoms with Crippen LogP contribution in [0, 0.1) is 0 Å². The van der Waals surface area contributed by atoms with E-state index < -0.39 is 0 Å². The minimum atomic E-state index is -0.180. The number of hydrogen-bond acceptors (Lipinski definition) is 5. The van der Waals surface area contributed by atoms with Crippen molar-refractivity contribution < 1.29 is 4.79 Å². The van der Waals surface area contributed by atoms with E-state index in [1.807, 2.05) is 47.4 Å². The summed E-state index contributed by atoms with van der Waals surface area (Å²) in [4.78, 5) is 36.1. The number of fused-ring (bicyclic) bond motifs is 1. The Morgan fingerprint density at radius 3 is 2.71 bits per heavy atom. The predicted octanol–water partition coefficient (Wildman–Crippen LogP) is 3.16. The zero-order valence-electron chi connectivity index (χ0n) is 16.9. The highest BCUT2D eigenvalue weighted by atomic mass is 16.2.